The van der Waals surface area contributed by atoms with Crippen molar-refractivity contribution in [3.05, 3.63) is 38.3 Å². The van der Waals surface area contributed by atoms with Crippen LogP contribution in [-0.4, -0.2) is 35.7 Å². The zero-order valence-corrected chi connectivity index (χ0v) is 10.9. The number of halogens is 3. The molecule has 0 aliphatic carbocycles. The monoisotopic (exact) mass is 322 g/mol. The topological polar surface area (TPSA) is 63.5 Å². The van der Waals surface area contributed by atoms with Crippen molar-refractivity contribution in [2.75, 3.05) is 13.6 Å². The second-order valence-electron chi connectivity index (χ2n) is 3.50. The van der Waals surface area contributed by atoms with Crippen LogP contribution in [0.3, 0.4) is 0 Å². The zero-order valence-electron chi connectivity index (χ0n) is 9.27. The van der Waals surface area contributed by atoms with Crippen molar-refractivity contribution in [1.29, 1.82) is 0 Å². The van der Waals surface area contributed by atoms with Gasteiger partial charge in [0, 0.05) is 23.7 Å². The summed E-state index contributed by atoms with van der Waals surface area (Å²) in [5.41, 5.74) is -0.292. The molecular formula is C10H9BrF2N2O3. The number of hydrogen-bond donors (Lipinski definition) is 0. The van der Waals surface area contributed by atoms with Crippen molar-refractivity contribution < 1.29 is 18.5 Å². The number of non-ortho nitro benzene ring substituents is 1. The molecule has 0 unspecified atom stereocenters. The lowest BCUT2D eigenvalue weighted by Crippen LogP contribution is -2.31. The van der Waals surface area contributed by atoms with Gasteiger partial charge in [0.15, 0.2) is 0 Å². The van der Waals surface area contributed by atoms with Crippen molar-refractivity contribution in [3.63, 3.8) is 0 Å². The number of rotatable bonds is 4. The van der Waals surface area contributed by atoms with Crippen molar-refractivity contribution in [2.45, 2.75) is 6.43 Å². The number of nitrogens with zero attached hydrogens (tertiary/aromatic N) is 2. The number of alkyl halides is 2. The molecule has 1 aromatic carbocycles. The minimum Gasteiger partial charge on any atom is -0.336 e. The molecule has 0 aromatic heterocycles. The van der Waals surface area contributed by atoms with Gasteiger partial charge in [-0.2, -0.15) is 0 Å². The van der Waals surface area contributed by atoms with Gasteiger partial charge in [-0.05, 0) is 22.0 Å². The predicted molar refractivity (Wildman–Crippen MR) is 63.8 cm³/mol. The average molecular weight is 323 g/mol. The van der Waals surface area contributed by atoms with E-state index >= 15 is 0 Å². The predicted octanol–water partition coefficient (Wildman–Crippen LogP) is 2.69. The Bertz CT molecular complexity index is 482. The number of nitro groups is 1. The van der Waals surface area contributed by atoms with Gasteiger partial charge in [-0.15, -0.1) is 0 Å². The number of carbonyl (C=O) groups is 1. The van der Waals surface area contributed by atoms with E-state index in [4.69, 9.17) is 0 Å². The van der Waals surface area contributed by atoms with Crippen molar-refractivity contribution in [1.82, 2.24) is 4.90 Å². The van der Waals surface area contributed by atoms with E-state index in [1.54, 1.807) is 0 Å². The maximum atomic E-state index is 12.2. The van der Waals surface area contributed by atoms with Crippen LogP contribution in [0.5, 0.6) is 0 Å². The van der Waals surface area contributed by atoms with Crippen molar-refractivity contribution in [2.24, 2.45) is 0 Å². The van der Waals surface area contributed by atoms with Crippen LogP contribution in [0, 0.1) is 10.1 Å². The molecule has 1 amide bonds. The first-order chi connectivity index (χ1) is 8.32. The second-order valence-corrected chi connectivity index (χ2v) is 4.35. The summed E-state index contributed by atoms with van der Waals surface area (Å²) in [6.45, 7) is -0.728. The molecule has 98 valence electrons. The maximum Gasteiger partial charge on any atom is 0.270 e. The maximum absolute atomic E-state index is 12.2. The Morgan fingerprint density at radius 3 is 2.67 bits per heavy atom. The van der Waals surface area contributed by atoms with E-state index in [0.717, 1.165) is 11.0 Å². The van der Waals surface area contributed by atoms with Crippen molar-refractivity contribution >= 4 is 27.5 Å². The summed E-state index contributed by atoms with van der Waals surface area (Å²) >= 11 is 3.06. The molecule has 0 fully saturated rings. The Hall–Kier alpha value is -1.57. The summed E-state index contributed by atoms with van der Waals surface area (Å²) in [6, 6.07) is 3.60. The summed E-state index contributed by atoms with van der Waals surface area (Å²) < 4.78 is 24.6. The van der Waals surface area contributed by atoms with Gasteiger partial charge in [-0.1, -0.05) is 0 Å². The minimum absolute atomic E-state index is 0.0210. The van der Waals surface area contributed by atoms with Crippen LogP contribution in [0.1, 0.15) is 10.4 Å². The van der Waals surface area contributed by atoms with Crippen LogP contribution >= 0.6 is 15.9 Å². The molecule has 0 atom stereocenters. The summed E-state index contributed by atoms with van der Waals surface area (Å²) in [7, 11) is 1.21. The molecule has 1 aromatic rings. The molecular weight excluding hydrogens is 314 g/mol. The third-order valence-corrected chi connectivity index (χ3v) is 2.84. The Kier molecular flexibility index (Phi) is 4.71. The zero-order chi connectivity index (χ0) is 13.9. The molecule has 0 radical (unpaired) electrons. The molecule has 0 heterocycles. The Morgan fingerprint density at radius 1 is 1.56 bits per heavy atom. The molecule has 0 aliphatic rings. The molecule has 0 bridgehead atoms. The SMILES string of the molecule is CN(CC(F)F)C(=O)c1cc([N+](=O)[O-])ccc1Br. The Morgan fingerprint density at radius 2 is 2.17 bits per heavy atom. The lowest BCUT2D eigenvalue weighted by molar-refractivity contribution is -0.384. The summed E-state index contributed by atoms with van der Waals surface area (Å²) in [5, 5.41) is 10.6. The molecule has 1 rings (SSSR count). The molecule has 5 nitrogen and oxygen atoms in total. The van der Waals surface area contributed by atoms with Gasteiger partial charge >= 0.3 is 0 Å². The first-order valence-corrected chi connectivity index (χ1v) is 5.59. The highest BCUT2D eigenvalue weighted by atomic mass is 79.9. The number of nitro benzene ring substituents is 1. The first kappa shape index (κ1) is 14.5. The number of carbonyl (C=O) groups excluding carboxylic acids is 1. The van der Waals surface area contributed by atoms with E-state index in [0.29, 0.717) is 4.47 Å². The highest BCUT2D eigenvalue weighted by Crippen LogP contribution is 2.23. The van der Waals surface area contributed by atoms with Gasteiger partial charge in [0.1, 0.15) is 0 Å². The van der Waals surface area contributed by atoms with Crippen LogP contribution < -0.4 is 0 Å². The summed E-state index contributed by atoms with van der Waals surface area (Å²) in [4.78, 5) is 22.6. The molecule has 0 aliphatic heterocycles. The second kappa shape index (κ2) is 5.85. The van der Waals surface area contributed by atoms with Crippen molar-refractivity contribution in [3.8, 4) is 0 Å². The minimum atomic E-state index is -2.66. The van der Waals surface area contributed by atoms with Crippen LogP contribution in [0.25, 0.3) is 0 Å². The van der Waals surface area contributed by atoms with E-state index in [1.165, 1.54) is 19.2 Å². The molecule has 0 spiro atoms. The fraction of sp³-hybridized carbons (Fsp3) is 0.300. The molecule has 18 heavy (non-hydrogen) atoms. The largest absolute Gasteiger partial charge is 0.336 e. The number of benzene rings is 1. The quantitative estimate of drug-likeness (QED) is 0.632. The number of hydrogen-bond acceptors (Lipinski definition) is 3. The highest BCUT2D eigenvalue weighted by Gasteiger charge is 2.20. The van der Waals surface area contributed by atoms with E-state index in [-0.39, 0.29) is 11.3 Å². The molecule has 8 heteroatoms. The Labute approximate surface area is 110 Å². The van der Waals surface area contributed by atoms with E-state index < -0.39 is 23.8 Å². The van der Waals surface area contributed by atoms with E-state index in [9.17, 15) is 23.7 Å². The standard InChI is InChI=1S/C10H9BrF2N2O3/c1-14(5-9(12)13)10(16)7-4-6(15(17)18)2-3-8(7)11/h2-4,9H,5H2,1H3. The van der Waals surface area contributed by atoms with Gasteiger partial charge in [0.2, 0.25) is 0 Å². The average Bonchev–Trinajstić information content (AvgIpc) is 2.27. The van der Waals surface area contributed by atoms with Gasteiger partial charge in [-0.25, -0.2) is 8.78 Å². The van der Waals surface area contributed by atoms with Crippen LogP contribution in [0.15, 0.2) is 22.7 Å². The third kappa shape index (κ3) is 3.46. The third-order valence-electron chi connectivity index (χ3n) is 2.15. The van der Waals surface area contributed by atoms with Crippen LogP contribution in [0.2, 0.25) is 0 Å². The van der Waals surface area contributed by atoms with Crippen LogP contribution in [0.4, 0.5) is 14.5 Å². The Balaban J connectivity index is 3.04. The summed E-state index contributed by atoms with van der Waals surface area (Å²) in [6.07, 6.45) is -2.66. The highest BCUT2D eigenvalue weighted by molar-refractivity contribution is 9.10. The molecule has 0 saturated carbocycles. The van der Waals surface area contributed by atoms with Gasteiger partial charge in [0.05, 0.1) is 17.0 Å². The molecule has 0 N–H and O–H groups in total. The lowest BCUT2D eigenvalue weighted by atomic mass is 10.2. The van der Waals surface area contributed by atoms with Crippen LogP contribution in [-0.2, 0) is 0 Å². The van der Waals surface area contributed by atoms with Gasteiger partial charge < -0.3 is 4.90 Å². The first-order valence-electron chi connectivity index (χ1n) is 4.80. The van der Waals surface area contributed by atoms with Gasteiger partial charge in [-0.3, -0.25) is 14.9 Å². The normalized spacial score (nSPS) is 10.5. The number of amides is 1. The summed E-state index contributed by atoms with van der Waals surface area (Å²) in [5.74, 6) is -0.703. The smallest absolute Gasteiger partial charge is 0.270 e. The fourth-order valence-electron chi connectivity index (χ4n) is 1.29. The molecule has 0 saturated heterocycles. The lowest BCUT2D eigenvalue weighted by Gasteiger charge is -2.17. The van der Waals surface area contributed by atoms with Gasteiger partial charge in [0.25, 0.3) is 18.0 Å². The van der Waals surface area contributed by atoms with E-state index in [1.807, 2.05) is 0 Å². The van der Waals surface area contributed by atoms with E-state index in [2.05, 4.69) is 15.9 Å². The fourth-order valence-corrected chi connectivity index (χ4v) is 1.70.